The van der Waals surface area contributed by atoms with E-state index in [1.54, 1.807) is 13.8 Å². The number of esters is 1. The molecule has 0 heterocycles. The summed E-state index contributed by atoms with van der Waals surface area (Å²) in [6.45, 7) is 3.80. The van der Waals surface area contributed by atoms with Crippen molar-refractivity contribution in [3.63, 3.8) is 0 Å². The quantitative estimate of drug-likeness (QED) is 0.505. The number of rotatable bonds is 7. The number of carbonyl (C=O) groups excluding carboxylic acids is 1. The lowest BCUT2D eigenvalue weighted by Gasteiger charge is -2.19. The van der Waals surface area contributed by atoms with Gasteiger partial charge in [-0.15, -0.1) is 0 Å². The molecule has 0 aromatic heterocycles. The van der Waals surface area contributed by atoms with Crippen LogP contribution in [0.2, 0.25) is 0 Å². The highest BCUT2D eigenvalue weighted by Gasteiger charge is 2.36. The third kappa shape index (κ3) is 5.25. The summed E-state index contributed by atoms with van der Waals surface area (Å²) >= 11 is 0. The van der Waals surface area contributed by atoms with E-state index in [-0.39, 0.29) is 13.2 Å². The van der Waals surface area contributed by atoms with Crippen LogP contribution in [0.15, 0.2) is 0 Å². The van der Waals surface area contributed by atoms with Gasteiger partial charge in [-0.25, -0.2) is 4.39 Å². The first-order valence-corrected chi connectivity index (χ1v) is 6.23. The fourth-order valence-electron chi connectivity index (χ4n) is 0.836. The first-order valence-electron chi connectivity index (χ1n) is 4.62. The molecule has 0 N–H and O–H groups in total. The lowest BCUT2D eigenvalue weighted by molar-refractivity contribution is -0.141. The summed E-state index contributed by atoms with van der Waals surface area (Å²) in [5, 5.41) is 0. The van der Waals surface area contributed by atoms with Gasteiger partial charge in [-0.1, -0.05) is 0 Å². The molecule has 1 unspecified atom stereocenters. The first-order chi connectivity index (χ1) is 6.96. The maximum atomic E-state index is 13.4. The van der Waals surface area contributed by atoms with Crippen molar-refractivity contribution in [1.29, 1.82) is 0 Å². The van der Waals surface area contributed by atoms with Crippen LogP contribution in [0.3, 0.4) is 0 Å². The maximum absolute atomic E-state index is 13.4. The Morgan fingerprint density at radius 1 is 1.33 bits per heavy atom. The zero-order valence-corrected chi connectivity index (χ0v) is 9.96. The van der Waals surface area contributed by atoms with Crippen LogP contribution in [0.25, 0.3) is 0 Å². The molecule has 0 bridgehead atoms. The van der Waals surface area contributed by atoms with Crippen LogP contribution in [0.1, 0.15) is 20.8 Å². The summed E-state index contributed by atoms with van der Waals surface area (Å²) in [4.78, 5) is 10.4. The number of halogens is 1. The monoisotopic (exact) mass is 242 g/mol. The van der Waals surface area contributed by atoms with E-state index >= 15 is 0 Å². The van der Waals surface area contributed by atoms with E-state index in [1.807, 2.05) is 0 Å². The maximum Gasteiger partial charge on any atom is 0.368 e. The molecule has 0 aromatic rings. The minimum absolute atomic E-state index is 0.0672. The Bertz CT molecular complexity index is 235. The van der Waals surface area contributed by atoms with Crippen LogP contribution in [0.4, 0.5) is 4.39 Å². The summed E-state index contributed by atoms with van der Waals surface area (Å²) in [6, 6.07) is 0. The van der Waals surface area contributed by atoms with E-state index in [1.165, 1.54) is 0 Å². The van der Waals surface area contributed by atoms with E-state index in [0.717, 1.165) is 6.92 Å². The van der Waals surface area contributed by atoms with Crippen LogP contribution in [-0.2, 0) is 23.1 Å². The van der Waals surface area contributed by atoms with Crippen molar-refractivity contribution in [2.75, 3.05) is 19.8 Å². The normalized spacial score (nSPS) is 13.6. The highest BCUT2D eigenvalue weighted by Crippen LogP contribution is 2.53. The molecule has 90 valence electrons. The summed E-state index contributed by atoms with van der Waals surface area (Å²) < 4.78 is 39.0. The van der Waals surface area contributed by atoms with Crippen molar-refractivity contribution < 1.29 is 27.5 Å². The predicted octanol–water partition coefficient (Wildman–Crippen LogP) is 2.11. The highest BCUT2D eigenvalue weighted by atomic mass is 31.2. The van der Waals surface area contributed by atoms with Crippen molar-refractivity contribution in [2.45, 2.75) is 26.7 Å². The molecule has 5 nitrogen and oxygen atoms in total. The van der Waals surface area contributed by atoms with Crippen LogP contribution >= 0.6 is 7.60 Å². The third-order valence-electron chi connectivity index (χ3n) is 1.39. The van der Waals surface area contributed by atoms with Crippen molar-refractivity contribution in [3.05, 3.63) is 0 Å². The fraction of sp³-hybridized carbons (Fsp3) is 0.875. The molecule has 0 rings (SSSR count). The third-order valence-corrected chi connectivity index (χ3v) is 3.46. The summed E-state index contributed by atoms with van der Waals surface area (Å²) in [6.07, 6.45) is 0. The van der Waals surface area contributed by atoms with Gasteiger partial charge in [0.25, 0.3) is 0 Å². The number of hydrogen-bond acceptors (Lipinski definition) is 5. The Morgan fingerprint density at radius 2 is 1.80 bits per heavy atom. The van der Waals surface area contributed by atoms with Crippen molar-refractivity contribution in [2.24, 2.45) is 0 Å². The van der Waals surface area contributed by atoms with Gasteiger partial charge < -0.3 is 13.8 Å². The highest BCUT2D eigenvalue weighted by molar-refractivity contribution is 7.54. The van der Waals surface area contributed by atoms with E-state index in [0.29, 0.717) is 0 Å². The van der Waals surface area contributed by atoms with Crippen molar-refractivity contribution in [1.82, 2.24) is 0 Å². The van der Waals surface area contributed by atoms with Crippen LogP contribution in [0.5, 0.6) is 0 Å². The molecule has 0 fully saturated rings. The minimum Gasteiger partial charge on any atom is -0.462 e. The molecule has 0 amide bonds. The SMILES string of the molecule is CCOP(=O)(OCC)C(F)COC(C)=O. The zero-order chi connectivity index (χ0) is 11.9. The largest absolute Gasteiger partial charge is 0.462 e. The Hall–Kier alpha value is -0.450. The molecule has 1 atom stereocenters. The second-order valence-electron chi connectivity index (χ2n) is 2.61. The Balaban J connectivity index is 4.34. The number of alkyl halides is 1. The lowest BCUT2D eigenvalue weighted by atomic mass is 10.7. The van der Waals surface area contributed by atoms with Gasteiger partial charge in [-0.05, 0) is 13.8 Å². The molecule has 15 heavy (non-hydrogen) atoms. The topological polar surface area (TPSA) is 61.8 Å². The van der Waals surface area contributed by atoms with Crippen LogP contribution < -0.4 is 0 Å². The molecule has 0 aromatic carbocycles. The molecule has 0 aliphatic heterocycles. The summed E-state index contributed by atoms with van der Waals surface area (Å²) in [7, 11) is -3.81. The first kappa shape index (κ1) is 14.6. The molecule has 0 radical (unpaired) electrons. The Morgan fingerprint density at radius 3 is 2.13 bits per heavy atom. The number of carbonyl (C=O) groups is 1. The van der Waals surface area contributed by atoms with Gasteiger partial charge in [-0.2, -0.15) is 0 Å². The average Bonchev–Trinajstić information content (AvgIpc) is 2.14. The van der Waals surface area contributed by atoms with Gasteiger partial charge in [0.2, 0.25) is 5.91 Å². The lowest BCUT2D eigenvalue weighted by Crippen LogP contribution is -2.16. The molecule has 0 saturated carbocycles. The minimum atomic E-state index is -3.81. The van der Waals surface area contributed by atoms with E-state index in [4.69, 9.17) is 9.05 Å². The fourth-order valence-corrected chi connectivity index (χ4v) is 2.21. The summed E-state index contributed by atoms with van der Waals surface area (Å²) in [5.41, 5.74) is 0. The molecule has 7 heteroatoms. The van der Waals surface area contributed by atoms with Crippen LogP contribution in [0, 0.1) is 0 Å². The molecule has 0 spiro atoms. The molecule has 0 aliphatic carbocycles. The number of ether oxygens (including phenoxy) is 1. The van der Waals surface area contributed by atoms with Crippen molar-refractivity contribution >= 4 is 13.6 Å². The van der Waals surface area contributed by atoms with Gasteiger partial charge >= 0.3 is 13.6 Å². The van der Waals surface area contributed by atoms with Gasteiger partial charge in [-0.3, -0.25) is 9.36 Å². The van der Waals surface area contributed by atoms with Crippen LogP contribution in [-0.4, -0.2) is 31.7 Å². The number of hydrogen-bond donors (Lipinski definition) is 0. The van der Waals surface area contributed by atoms with E-state index in [2.05, 4.69) is 4.74 Å². The Labute approximate surface area is 88.4 Å². The Kier molecular flexibility index (Phi) is 6.72. The molecule has 0 aliphatic rings. The van der Waals surface area contributed by atoms with Crippen molar-refractivity contribution in [3.8, 4) is 0 Å². The molecular weight excluding hydrogens is 226 g/mol. The summed E-state index contributed by atoms with van der Waals surface area (Å²) in [5.74, 6) is -2.58. The van der Waals surface area contributed by atoms with Gasteiger partial charge in [0.15, 0.2) is 0 Å². The van der Waals surface area contributed by atoms with Gasteiger partial charge in [0.1, 0.15) is 6.61 Å². The predicted molar refractivity (Wildman–Crippen MR) is 52.4 cm³/mol. The zero-order valence-electron chi connectivity index (χ0n) is 9.07. The van der Waals surface area contributed by atoms with Gasteiger partial charge in [0, 0.05) is 6.92 Å². The average molecular weight is 242 g/mol. The smallest absolute Gasteiger partial charge is 0.368 e. The standard InChI is InChI=1S/C8H16FO5P/c1-4-13-15(11,14-5-2)8(9)6-12-7(3)10/h8H,4-6H2,1-3H3. The second-order valence-corrected chi connectivity index (χ2v) is 4.77. The molecule has 0 saturated heterocycles. The second kappa shape index (κ2) is 6.93. The van der Waals surface area contributed by atoms with Gasteiger partial charge in [0.05, 0.1) is 13.2 Å². The van der Waals surface area contributed by atoms with E-state index < -0.39 is 26.1 Å². The molecular formula is C8H16FO5P. The van der Waals surface area contributed by atoms with E-state index in [9.17, 15) is 13.8 Å².